The lowest BCUT2D eigenvalue weighted by Gasteiger charge is -2.20. The number of benzene rings is 2. The van der Waals surface area contributed by atoms with Gasteiger partial charge in [-0.05, 0) is 24.3 Å². The Bertz CT molecular complexity index is 859. The fourth-order valence-electron chi connectivity index (χ4n) is 2.74. The third-order valence-electron chi connectivity index (χ3n) is 4.12. The lowest BCUT2D eigenvalue weighted by Crippen LogP contribution is -2.37. The van der Waals surface area contributed by atoms with Crippen molar-refractivity contribution in [2.75, 3.05) is 37.0 Å². The van der Waals surface area contributed by atoms with Crippen LogP contribution in [0.5, 0.6) is 5.75 Å². The number of ether oxygens (including phenoxy) is 2. The maximum Gasteiger partial charge on any atom is 0.326 e. The summed E-state index contributed by atoms with van der Waals surface area (Å²) >= 11 is 1.63. The highest BCUT2D eigenvalue weighted by Gasteiger charge is 2.25. The molecule has 0 atom stereocenters. The Kier molecular flexibility index (Phi) is 7.52. The zero-order chi connectivity index (χ0) is 20.5. The van der Waals surface area contributed by atoms with Crippen molar-refractivity contribution in [2.45, 2.75) is 11.3 Å². The Balaban J connectivity index is 1.41. The van der Waals surface area contributed by atoms with Crippen molar-refractivity contribution in [3.05, 3.63) is 54.6 Å². The third-order valence-corrected chi connectivity index (χ3v) is 5.13. The summed E-state index contributed by atoms with van der Waals surface area (Å²) in [7, 11) is 0. The van der Waals surface area contributed by atoms with Gasteiger partial charge in [-0.25, -0.2) is 0 Å². The molecule has 0 aliphatic carbocycles. The highest BCUT2D eigenvalue weighted by Crippen LogP contribution is 2.30. The monoisotopic (exact) mass is 414 g/mol. The van der Waals surface area contributed by atoms with Crippen molar-refractivity contribution >= 4 is 35.2 Å². The summed E-state index contributed by atoms with van der Waals surface area (Å²) in [6, 6.07) is 16.9. The van der Waals surface area contributed by atoms with E-state index in [-0.39, 0.29) is 38.0 Å². The zero-order valence-corrected chi connectivity index (χ0v) is 16.7. The number of hydrogen-bond donors (Lipinski definition) is 1. The molecule has 0 fully saturated rings. The largest absolute Gasteiger partial charge is 0.491 e. The Morgan fingerprint density at radius 1 is 1.10 bits per heavy atom. The first-order valence-electron chi connectivity index (χ1n) is 9.26. The van der Waals surface area contributed by atoms with Gasteiger partial charge in [-0.2, -0.15) is 0 Å². The Morgan fingerprint density at radius 2 is 1.86 bits per heavy atom. The van der Waals surface area contributed by atoms with Crippen LogP contribution in [0.15, 0.2) is 59.5 Å². The summed E-state index contributed by atoms with van der Waals surface area (Å²) in [5, 5.41) is 2.71. The van der Waals surface area contributed by atoms with Gasteiger partial charge < -0.3 is 14.8 Å². The minimum absolute atomic E-state index is 0.168. The molecule has 0 unspecified atom stereocenters. The number of hydrogen-bond acceptors (Lipinski definition) is 6. The van der Waals surface area contributed by atoms with Gasteiger partial charge in [0.05, 0.1) is 18.7 Å². The smallest absolute Gasteiger partial charge is 0.326 e. The van der Waals surface area contributed by atoms with Crippen LogP contribution >= 0.6 is 11.8 Å². The van der Waals surface area contributed by atoms with Gasteiger partial charge in [0.25, 0.3) is 5.91 Å². The highest BCUT2D eigenvalue weighted by molar-refractivity contribution is 7.99. The van der Waals surface area contributed by atoms with Crippen molar-refractivity contribution in [1.29, 1.82) is 0 Å². The van der Waals surface area contributed by atoms with E-state index in [2.05, 4.69) is 5.32 Å². The van der Waals surface area contributed by atoms with Crippen LogP contribution in [0.1, 0.15) is 6.42 Å². The number of rotatable bonds is 8. The van der Waals surface area contributed by atoms with E-state index in [0.29, 0.717) is 23.7 Å². The Hall–Kier alpha value is -3.00. The summed E-state index contributed by atoms with van der Waals surface area (Å²) in [4.78, 5) is 38.8. The average molecular weight is 414 g/mol. The summed E-state index contributed by atoms with van der Waals surface area (Å²) in [5.41, 5.74) is 0.523. The highest BCUT2D eigenvalue weighted by atomic mass is 32.2. The predicted octanol–water partition coefficient (Wildman–Crippen LogP) is 2.25. The van der Waals surface area contributed by atoms with E-state index in [4.69, 9.17) is 9.47 Å². The van der Waals surface area contributed by atoms with E-state index >= 15 is 0 Å². The van der Waals surface area contributed by atoms with Crippen LogP contribution in [0, 0.1) is 0 Å². The van der Waals surface area contributed by atoms with Gasteiger partial charge in [0.2, 0.25) is 5.91 Å². The van der Waals surface area contributed by atoms with E-state index in [1.54, 1.807) is 36.0 Å². The summed E-state index contributed by atoms with van der Waals surface area (Å²) in [5.74, 6) is -0.00106. The molecule has 8 heteroatoms. The van der Waals surface area contributed by atoms with Crippen LogP contribution in [0.25, 0.3) is 0 Å². The van der Waals surface area contributed by atoms with Gasteiger partial charge in [0, 0.05) is 17.2 Å². The van der Waals surface area contributed by atoms with Crippen LogP contribution in [0.3, 0.4) is 0 Å². The third kappa shape index (κ3) is 6.25. The second-order valence-corrected chi connectivity index (χ2v) is 7.39. The van der Waals surface area contributed by atoms with E-state index in [1.165, 1.54) is 4.90 Å². The number of anilines is 1. The fourth-order valence-corrected chi connectivity index (χ4v) is 3.53. The summed E-state index contributed by atoms with van der Waals surface area (Å²) in [6.45, 7) is 0.0709. The average Bonchev–Trinajstić information content (AvgIpc) is 2.89. The molecule has 0 saturated carbocycles. The molecule has 0 saturated heterocycles. The molecular formula is C21H22N2O5S. The molecular weight excluding hydrogens is 392 g/mol. The molecule has 2 aromatic rings. The normalized spacial score (nSPS) is 13.1. The number of carbonyl (C=O) groups excluding carboxylic acids is 3. The number of nitrogens with one attached hydrogen (secondary N) is 1. The van der Waals surface area contributed by atoms with Crippen LogP contribution < -0.4 is 15.0 Å². The molecule has 1 heterocycles. The van der Waals surface area contributed by atoms with Crippen LogP contribution in [-0.4, -0.2) is 49.8 Å². The van der Waals surface area contributed by atoms with Crippen LogP contribution in [0.4, 0.5) is 5.69 Å². The van der Waals surface area contributed by atoms with Gasteiger partial charge in [-0.1, -0.05) is 30.3 Å². The maximum atomic E-state index is 12.3. The molecule has 0 radical (unpaired) electrons. The molecule has 1 aliphatic rings. The van der Waals surface area contributed by atoms with Crippen molar-refractivity contribution in [3.63, 3.8) is 0 Å². The topological polar surface area (TPSA) is 84.9 Å². The zero-order valence-electron chi connectivity index (χ0n) is 15.8. The summed E-state index contributed by atoms with van der Waals surface area (Å²) in [6.07, 6.45) is 0.168. The molecule has 29 heavy (non-hydrogen) atoms. The first kappa shape index (κ1) is 20.7. The van der Waals surface area contributed by atoms with Crippen molar-refractivity contribution in [1.82, 2.24) is 5.32 Å². The second-order valence-electron chi connectivity index (χ2n) is 6.22. The number of fused-ring (bicyclic) bond motifs is 1. The number of para-hydroxylation sites is 2. The molecule has 3 rings (SSSR count). The van der Waals surface area contributed by atoms with E-state index in [1.807, 2.05) is 30.3 Å². The van der Waals surface area contributed by atoms with Crippen molar-refractivity contribution in [3.8, 4) is 5.75 Å². The Labute approximate surface area is 173 Å². The molecule has 2 amide bonds. The van der Waals surface area contributed by atoms with E-state index in [9.17, 15) is 14.4 Å². The first-order valence-corrected chi connectivity index (χ1v) is 10.2. The molecule has 1 N–H and O–H groups in total. The molecule has 152 valence electrons. The number of thioether (sulfide) groups is 1. The Morgan fingerprint density at radius 3 is 2.69 bits per heavy atom. The minimum atomic E-state index is -0.649. The lowest BCUT2D eigenvalue weighted by atomic mass is 10.2. The molecule has 0 spiro atoms. The number of amides is 2. The van der Waals surface area contributed by atoms with Crippen LogP contribution in [-0.2, 0) is 19.1 Å². The maximum absolute atomic E-state index is 12.3. The molecule has 0 aromatic heterocycles. The van der Waals surface area contributed by atoms with Gasteiger partial charge in [-0.3, -0.25) is 19.3 Å². The molecule has 1 aliphatic heterocycles. The number of esters is 1. The lowest BCUT2D eigenvalue weighted by molar-refractivity contribution is -0.147. The van der Waals surface area contributed by atoms with E-state index in [0.717, 1.165) is 4.90 Å². The quantitative estimate of drug-likeness (QED) is 0.405. The van der Waals surface area contributed by atoms with Gasteiger partial charge in [0.1, 0.15) is 12.3 Å². The fraction of sp³-hybridized carbons (Fsp3) is 0.286. The SMILES string of the molecule is O=C(COC(=O)CN1C(=O)CCOc2ccccc21)NCCSc1ccccc1. The van der Waals surface area contributed by atoms with Crippen LogP contribution in [0.2, 0.25) is 0 Å². The van der Waals surface area contributed by atoms with Crippen molar-refractivity contribution < 1.29 is 23.9 Å². The number of carbonyl (C=O) groups is 3. The minimum Gasteiger partial charge on any atom is -0.491 e. The number of nitrogens with zero attached hydrogens (tertiary/aromatic N) is 1. The van der Waals surface area contributed by atoms with Gasteiger partial charge >= 0.3 is 5.97 Å². The van der Waals surface area contributed by atoms with Crippen molar-refractivity contribution in [2.24, 2.45) is 0 Å². The first-order chi connectivity index (χ1) is 14.1. The standard InChI is InChI=1S/C21H22N2O5S/c24-19(22-11-13-29-16-6-2-1-3-7-16)15-28-21(26)14-23-17-8-4-5-9-18(17)27-12-10-20(23)25/h1-9H,10-15H2,(H,22,24). The predicted molar refractivity (Wildman–Crippen MR) is 110 cm³/mol. The van der Waals surface area contributed by atoms with E-state index < -0.39 is 5.97 Å². The van der Waals surface area contributed by atoms with Gasteiger partial charge in [-0.15, -0.1) is 11.8 Å². The molecule has 2 aromatic carbocycles. The molecule has 0 bridgehead atoms. The summed E-state index contributed by atoms with van der Waals surface area (Å²) < 4.78 is 10.6. The molecule has 7 nitrogen and oxygen atoms in total. The second kappa shape index (κ2) is 10.5. The van der Waals surface area contributed by atoms with Gasteiger partial charge in [0.15, 0.2) is 6.61 Å².